The number of hydrogen-bond donors (Lipinski definition) is 1. The molecular formula is C12H19N5O. The average molecular weight is 249 g/mol. The highest BCUT2D eigenvalue weighted by Gasteiger charge is 2.16. The topological polar surface area (TPSA) is 61.4 Å². The molecule has 1 aliphatic rings. The van der Waals surface area contributed by atoms with Crippen LogP contribution in [-0.4, -0.2) is 54.0 Å². The van der Waals surface area contributed by atoms with E-state index in [1.807, 2.05) is 6.92 Å². The van der Waals surface area contributed by atoms with Gasteiger partial charge in [0.15, 0.2) is 0 Å². The fourth-order valence-electron chi connectivity index (χ4n) is 1.80. The lowest BCUT2D eigenvalue weighted by molar-refractivity contribution is -0.115. The van der Waals surface area contributed by atoms with E-state index in [0.717, 1.165) is 32.1 Å². The third-order valence-electron chi connectivity index (χ3n) is 3.03. The summed E-state index contributed by atoms with van der Waals surface area (Å²) in [6.45, 7) is 5.75. The molecular weight excluding hydrogens is 230 g/mol. The number of aromatic nitrogens is 2. The van der Waals surface area contributed by atoms with E-state index in [1.54, 1.807) is 12.4 Å². The fourth-order valence-corrected chi connectivity index (χ4v) is 1.80. The second-order valence-corrected chi connectivity index (χ2v) is 4.46. The maximum Gasteiger partial charge on any atom is 0.225 e. The van der Waals surface area contributed by atoms with Crippen LogP contribution in [0.25, 0.3) is 0 Å². The standard InChI is InChI=1S/C12H19N5O/c1-3-11(18)15-10-8-13-12(14-9-10)17-6-4-16(2)5-7-17/h8-9H,3-7H2,1-2H3,(H,15,18). The second-order valence-electron chi connectivity index (χ2n) is 4.46. The first kappa shape index (κ1) is 12.8. The van der Waals surface area contributed by atoms with Gasteiger partial charge in [0.1, 0.15) is 0 Å². The van der Waals surface area contributed by atoms with E-state index < -0.39 is 0 Å². The van der Waals surface area contributed by atoms with Crippen LogP contribution in [0.5, 0.6) is 0 Å². The molecule has 0 spiro atoms. The van der Waals surface area contributed by atoms with Crippen LogP contribution in [0.15, 0.2) is 12.4 Å². The third kappa shape index (κ3) is 3.16. The summed E-state index contributed by atoms with van der Waals surface area (Å²) in [5.74, 6) is 0.712. The SMILES string of the molecule is CCC(=O)Nc1cnc(N2CCN(C)CC2)nc1. The molecule has 6 heteroatoms. The lowest BCUT2D eigenvalue weighted by atomic mass is 10.3. The number of carbonyl (C=O) groups excluding carboxylic acids is 1. The highest BCUT2D eigenvalue weighted by atomic mass is 16.1. The van der Waals surface area contributed by atoms with E-state index in [2.05, 4.69) is 32.1 Å². The van der Waals surface area contributed by atoms with Gasteiger partial charge in [0.05, 0.1) is 18.1 Å². The number of piperazine rings is 1. The van der Waals surface area contributed by atoms with Gasteiger partial charge in [-0.05, 0) is 7.05 Å². The van der Waals surface area contributed by atoms with Crippen molar-refractivity contribution in [1.29, 1.82) is 0 Å². The monoisotopic (exact) mass is 249 g/mol. The van der Waals surface area contributed by atoms with E-state index in [1.165, 1.54) is 0 Å². The smallest absolute Gasteiger partial charge is 0.225 e. The molecule has 2 rings (SSSR count). The molecule has 0 unspecified atom stereocenters. The first-order chi connectivity index (χ1) is 8.69. The van der Waals surface area contributed by atoms with E-state index >= 15 is 0 Å². The number of nitrogens with zero attached hydrogens (tertiary/aromatic N) is 4. The van der Waals surface area contributed by atoms with Gasteiger partial charge in [-0.2, -0.15) is 0 Å². The molecule has 0 saturated carbocycles. The van der Waals surface area contributed by atoms with Crippen molar-refractivity contribution in [3.05, 3.63) is 12.4 Å². The van der Waals surface area contributed by atoms with E-state index in [-0.39, 0.29) is 5.91 Å². The van der Waals surface area contributed by atoms with Crippen LogP contribution in [-0.2, 0) is 4.79 Å². The third-order valence-corrected chi connectivity index (χ3v) is 3.03. The molecule has 0 atom stereocenters. The highest BCUT2D eigenvalue weighted by Crippen LogP contribution is 2.12. The van der Waals surface area contributed by atoms with Crippen LogP contribution in [0, 0.1) is 0 Å². The van der Waals surface area contributed by atoms with Gasteiger partial charge in [0.25, 0.3) is 0 Å². The van der Waals surface area contributed by atoms with Crippen molar-refractivity contribution in [3.63, 3.8) is 0 Å². The summed E-state index contributed by atoms with van der Waals surface area (Å²) in [5, 5.41) is 2.74. The summed E-state index contributed by atoms with van der Waals surface area (Å²) in [6, 6.07) is 0. The number of anilines is 2. The summed E-state index contributed by atoms with van der Waals surface area (Å²) in [6.07, 6.45) is 3.78. The maximum absolute atomic E-state index is 11.2. The van der Waals surface area contributed by atoms with Crippen molar-refractivity contribution in [2.75, 3.05) is 43.4 Å². The molecule has 0 bridgehead atoms. The molecule has 1 aromatic rings. The van der Waals surface area contributed by atoms with Crippen molar-refractivity contribution in [2.24, 2.45) is 0 Å². The number of nitrogens with one attached hydrogen (secondary N) is 1. The van der Waals surface area contributed by atoms with Gasteiger partial charge in [0.2, 0.25) is 11.9 Å². The Bertz CT molecular complexity index is 397. The van der Waals surface area contributed by atoms with Crippen molar-refractivity contribution in [1.82, 2.24) is 14.9 Å². The Morgan fingerprint density at radius 3 is 2.44 bits per heavy atom. The lowest BCUT2D eigenvalue weighted by Crippen LogP contribution is -2.45. The zero-order valence-electron chi connectivity index (χ0n) is 10.9. The fraction of sp³-hybridized carbons (Fsp3) is 0.583. The Kier molecular flexibility index (Phi) is 4.09. The first-order valence-electron chi connectivity index (χ1n) is 6.24. The minimum absolute atomic E-state index is 0.0223. The van der Waals surface area contributed by atoms with Crippen molar-refractivity contribution < 1.29 is 4.79 Å². The van der Waals surface area contributed by atoms with Crippen LogP contribution in [0.2, 0.25) is 0 Å². The van der Waals surface area contributed by atoms with Crippen LogP contribution < -0.4 is 10.2 Å². The van der Waals surface area contributed by atoms with Gasteiger partial charge < -0.3 is 15.1 Å². The summed E-state index contributed by atoms with van der Waals surface area (Å²) in [5.41, 5.74) is 0.653. The predicted octanol–water partition coefficient (Wildman–Crippen LogP) is 0.577. The lowest BCUT2D eigenvalue weighted by Gasteiger charge is -2.32. The number of rotatable bonds is 3. The Hall–Kier alpha value is -1.69. The molecule has 0 aliphatic carbocycles. The quantitative estimate of drug-likeness (QED) is 0.849. The largest absolute Gasteiger partial charge is 0.338 e. The zero-order valence-corrected chi connectivity index (χ0v) is 10.9. The van der Waals surface area contributed by atoms with Gasteiger partial charge in [-0.3, -0.25) is 4.79 Å². The minimum Gasteiger partial charge on any atom is -0.338 e. The number of amides is 1. The molecule has 1 aromatic heterocycles. The molecule has 1 fully saturated rings. The molecule has 6 nitrogen and oxygen atoms in total. The second kappa shape index (κ2) is 5.77. The van der Waals surface area contributed by atoms with Crippen molar-refractivity contribution in [3.8, 4) is 0 Å². The molecule has 1 amide bonds. The zero-order chi connectivity index (χ0) is 13.0. The summed E-state index contributed by atoms with van der Waals surface area (Å²) < 4.78 is 0. The van der Waals surface area contributed by atoms with E-state index in [9.17, 15) is 4.79 Å². The summed E-state index contributed by atoms with van der Waals surface area (Å²) in [7, 11) is 2.11. The predicted molar refractivity (Wildman–Crippen MR) is 70.7 cm³/mol. The molecule has 1 aliphatic heterocycles. The number of carbonyl (C=O) groups is 1. The van der Waals surface area contributed by atoms with Crippen LogP contribution in [0.3, 0.4) is 0 Å². The summed E-state index contributed by atoms with van der Waals surface area (Å²) in [4.78, 5) is 24.3. The van der Waals surface area contributed by atoms with Gasteiger partial charge >= 0.3 is 0 Å². The van der Waals surface area contributed by atoms with Crippen molar-refractivity contribution in [2.45, 2.75) is 13.3 Å². The Balaban J connectivity index is 1.97. The number of likely N-dealkylation sites (N-methyl/N-ethyl adjacent to an activating group) is 1. The number of hydrogen-bond acceptors (Lipinski definition) is 5. The molecule has 1 saturated heterocycles. The normalized spacial score (nSPS) is 16.7. The maximum atomic E-state index is 11.2. The Labute approximate surface area is 107 Å². The van der Waals surface area contributed by atoms with E-state index in [0.29, 0.717) is 12.1 Å². The first-order valence-corrected chi connectivity index (χ1v) is 6.24. The minimum atomic E-state index is -0.0223. The van der Waals surface area contributed by atoms with Crippen LogP contribution in [0.1, 0.15) is 13.3 Å². The Morgan fingerprint density at radius 1 is 1.28 bits per heavy atom. The van der Waals surface area contributed by atoms with E-state index in [4.69, 9.17) is 0 Å². The van der Waals surface area contributed by atoms with Gasteiger partial charge in [-0.15, -0.1) is 0 Å². The molecule has 0 aromatic carbocycles. The highest BCUT2D eigenvalue weighted by molar-refractivity contribution is 5.90. The molecule has 0 radical (unpaired) electrons. The summed E-state index contributed by atoms with van der Waals surface area (Å²) >= 11 is 0. The Morgan fingerprint density at radius 2 is 1.89 bits per heavy atom. The molecule has 18 heavy (non-hydrogen) atoms. The van der Waals surface area contributed by atoms with Crippen LogP contribution in [0.4, 0.5) is 11.6 Å². The molecule has 2 heterocycles. The van der Waals surface area contributed by atoms with Gasteiger partial charge in [-0.1, -0.05) is 6.92 Å². The van der Waals surface area contributed by atoms with Crippen LogP contribution >= 0.6 is 0 Å². The molecule has 1 N–H and O–H groups in total. The average Bonchev–Trinajstić information content (AvgIpc) is 2.40. The van der Waals surface area contributed by atoms with Crippen molar-refractivity contribution >= 4 is 17.5 Å². The van der Waals surface area contributed by atoms with Gasteiger partial charge in [0, 0.05) is 32.6 Å². The van der Waals surface area contributed by atoms with Gasteiger partial charge in [-0.25, -0.2) is 9.97 Å². The molecule has 98 valence electrons.